The SMILES string of the molecule is O=C(O)CCNC(=O)c1ccc(CN(CCC2=CCCCC2)c2nc(-c3ccc(OC(F)(F)F)cc3)cs2)cc1. The van der Waals surface area contributed by atoms with Crippen LogP contribution in [0.3, 0.4) is 0 Å². The molecule has 0 fully saturated rings. The molecule has 0 aliphatic heterocycles. The highest BCUT2D eigenvalue weighted by Gasteiger charge is 2.31. The normalized spacial score (nSPS) is 13.4. The fraction of sp³-hybridized carbons (Fsp3) is 0.345. The molecular formula is C29H30F3N3O4S. The van der Waals surface area contributed by atoms with Crippen LogP contribution in [0.15, 0.2) is 65.6 Å². The highest BCUT2D eigenvalue weighted by molar-refractivity contribution is 7.14. The molecule has 0 atom stereocenters. The minimum atomic E-state index is -4.74. The van der Waals surface area contributed by atoms with Crippen molar-refractivity contribution in [2.45, 2.75) is 51.4 Å². The third-order valence-electron chi connectivity index (χ3n) is 6.45. The van der Waals surface area contributed by atoms with Crippen LogP contribution in [0.25, 0.3) is 11.3 Å². The molecule has 0 unspecified atom stereocenters. The second kappa shape index (κ2) is 13.5. The molecule has 0 spiro atoms. The van der Waals surface area contributed by atoms with Crippen molar-refractivity contribution in [2.75, 3.05) is 18.0 Å². The molecular weight excluding hydrogens is 543 g/mol. The molecule has 1 aromatic heterocycles. The number of aromatic nitrogens is 1. The van der Waals surface area contributed by atoms with E-state index < -0.39 is 12.3 Å². The number of aliphatic carboxylic acids is 1. The van der Waals surface area contributed by atoms with Gasteiger partial charge in [-0.15, -0.1) is 24.5 Å². The third-order valence-corrected chi connectivity index (χ3v) is 7.35. The Balaban J connectivity index is 1.47. The van der Waals surface area contributed by atoms with Gasteiger partial charge in [-0.25, -0.2) is 4.98 Å². The lowest BCUT2D eigenvalue weighted by Crippen LogP contribution is -2.26. The van der Waals surface area contributed by atoms with E-state index in [4.69, 9.17) is 10.1 Å². The summed E-state index contributed by atoms with van der Waals surface area (Å²) in [6, 6.07) is 12.8. The first-order valence-corrected chi connectivity index (χ1v) is 13.9. The Morgan fingerprint density at radius 2 is 1.82 bits per heavy atom. The van der Waals surface area contributed by atoms with E-state index in [0.717, 1.165) is 36.5 Å². The molecule has 212 valence electrons. The first-order chi connectivity index (χ1) is 19.2. The lowest BCUT2D eigenvalue weighted by Gasteiger charge is -2.24. The van der Waals surface area contributed by atoms with E-state index in [0.29, 0.717) is 23.4 Å². The number of hydrogen-bond acceptors (Lipinski definition) is 6. The fourth-order valence-corrected chi connectivity index (χ4v) is 5.25. The Morgan fingerprint density at radius 3 is 2.48 bits per heavy atom. The summed E-state index contributed by atoms with van der Waals surface area (Å²) in [5.74, 6) is -1.59. The number of hydrogen-bond donors (Lipinski definition) is 2. The maximum atomic E-state index is 12.5. The topological polar surface area (TPSA) is 91.8 Å². The van der Waals surface area contributed by atoms with Crippen LogP contribution in [0.2, 0.25) is 0 Å². The van der Waals surface area contributed by atoms with Gasteiger partial charge in [-0.1, -0.05) is 23.8 Å². The van der Waals surface area contributed by atoms with E-state index in [1.54, 1.807) is 24.3 Å². The number of nitrogens with one attached hydrogen (secondary N) is 1. The summed E-state index contributed by atoms with van der Waals surface area (Å²) in [5, 5.41) is 14.0. The predicted octanol–water partition coefficient (Wildman–Crippen LogP) is 6.81. The van der Waals surface area contributed by atoms with Crippen LogP contribution < -0.4 is 15.0 Å². The zero-order valence-electron chi connectivity index (χ0n) is 21.7. The Labute approximate surface area is 234 Å². The quantitative estimate of drug-likeness (QED) is 0.231. The van der Waals surface area contributed by atoms with Crippen molar-refractivity contribution >= 4 is 28.3 Å². The molecule has 1 aliphatic carbocycles. The molecule has 11 heteroatoms. The van der Waals surface area contributed by atoms with Crippen LogP contribution in [0.4, 0.5) is 18.3 Å². The molecule has 4 rings (SSSR count). The van der Waals surface area contributed by atoms with Crippen LogP contribution in [0.1, 0.15) is 54.4 Å². The predicted molar refractivity (Wildman–Crippen MR) is 147 cm³/mol. The van der Waals surface area contributed by atoms with Crippen molar-refractivity contribution in [2.24, 2.45) is 0 Å². The van der Waals surface area contributed by atoms with Crippen molar-refractivity contribution in [1.29, 1.82) is 0 Å². The van der Waals surface area contributed by atoms with Gasteiger partial charge >= 0.3 is 12.3 Å². The van der Waals surface area contributed by atoms with Gasteiger partial charge in [0.2, 0.25) is 0 Å². The number of allylic oxidation sites excluding steroid dienone is 1. The second-order valence-corrected chi connectivity index (χ2v) is 10.3. The zero-order chi connectivity index (χ0) is 28.5. The molecule has 1 aliphatic rings. The van der Waals surface area contributed by atoms with Crippen LogP contribution >= 0.6 is 11.3 Å². The minimum absolute atomic E-state index is 0.0595. The average molecular weight is 574 g/mol. The number of ether oxygens (including phenoxy) is 1. The number of anilines is 1. The van der Waals surface area contributed by atoms with Gasteiger partial charge in [0, 0.05) is 36.1 Å². The summed E-state index contributed by atoms with van der Waals surface area (Å²) < 4.78 is 41.5. The van der Waals surface area contributed by atoms with Gasteiger partial charge in [0.05, 0.1) is 12.1 Å². The second-order valence-electron chi connectivity index (χ2n) is 9.46. The Bertz CT molecular complexity index is 1320. The Morgan fingerprint density at radius 1 is 1.07 bits per heavy atom. The van der Waals surface area contributed by atoms with Gasteiger partial charge in [0.15, 0.2) is 5.13 Å². The molecule has 2 N–H and O–H groups in total. The Kier molecular flexibility index (Phi) is 9.81. The number of nitrogens with zero attached hydrogens (tertiary/aromatic N) is 2. The van der Waals surface area contributed by atoms with Crippen LogP contribution in [-0.2, 0) is 11.3 Å². The number of alkyl halides is 3. The van der Waals surface area contributed by atoms with Gasteiger partial charge in [0.1, 0.15) is 5.75 Å². The number of rotatable bonds is 12. The highest BCUT2D eigenvalue weighted by Crippen LogP contribution is 2.31. The van der Waals surface area contributed by atoms with Crippen LogP contribution in [0, 0.1) is 0 Å². The van der Waals surface area contributed by atoms with Crippen molar-refractivity contribution in [1.82, 2.24) is 10.3 Å². The maximum Gasteiger partial charge on any atom is 0.573 e. The molecule has 0 saturated heterocycles. The zero-order valence-corrected chi connectivity index (χ0v) is 22.6. The summed E-state index contributed by atoms with van der Waals surface area (Å²) in [4.78, 5) is 29.9. The van der Waals surface area contributed by atoms with Gasteiger partial charge in [-0.05, 0) is 74.1 Å². The van der Waals surface area contributed by atoms with Crippen molar-refractivity contribution in [3.63, 3.8) is 0 Å². The van der Waals surface area contributed by atoms with E-state index >= 15 is 0 Å². The molecule has 1 amide bonds. The van der Waals surface area contributed by atoms with Crippen molar-refractivity contribution in [3.8, 4) is 17.0 Å². The maximum absolute atomic E-state index is 12.5. The first kappa shape index (κ1) is 29.1. The van der Waals surface area contributed by atoms with Gasteiger partial charge in [-0.2, -0.15) is 0 Å². The number of carboxylic acid groups (broad SMARTS) is 1. The summed E-state index contributed by atoms with van der Waals surface area (Å²) in [6.07, 6.45) is 2.93. The molecule has 2 aromatic carbocycles. The number of amides is 1. The molecule has 0 saturated carbocycles. The van der Waals surface area contributed by atoms with Crippen LogP contribution in [-0.4, -0.2) is 41.4 Å². The molecule has 40 heavy (non-hydrogen) atoms. The smallest absolute Gasteiger partial charge is 0.481 e. The van der Waals surface area contributed by atoms with Gasteiger partial charge < -0.3 is 20.1 Å². The third kappa shape index (κ3) is 8.84. The molecule has 0 bridgehead atoms. The molecule has 1 heterocycles. The number of halogens is 3. The number of carboxylic acids is 1. The van der Waals surface area contributed by atoms with E-state index in [1.807, 2.05) is 17.5 Å². The number of carbonyl (C=O) groups excluding carboxylic acids is 1. The largest absolute Gasteiger partial charge is 0.573 e. The van der Waals surface area contributed by atoms with Crippen molar-refractivity contribution in [3.05, 3.63) is 76.7 Å². The van der Waals surface area contributed by atoms with E-state index in [9.17, 15) is 22.8 Å². The molecule has 3 aromatic rings. The summed E-state index contributed by atoms with van der Waals surface area (Å²) in [5.41, 5.74) is 4.20. The number of thiazole rings is 1. The monoisotopic (exact) mass is 573 g/mol. The van der Waals surface area contributed by atoms with Crippen LogP contribution in [0.5, 0.6) is 5.75 Å². The highest BCUT2D eigenvalue weighted by atomic mass is 32.1. The molecule has 7 nitrogen and oxygen atoms in total. The average Bonchev–Trinajstić information content (AvgIpc) is 3.41. The lowest BCUT2D eigenvalue weighted by molar-refractivity contribution is -0.274. The standard InChI is InChI=1S/C29H30F3N3O4S/c30-29(31,32)39-24-12-10-22(11-13-24)25-19-40-28(34-25)35(17-15-20-4-2-1-3-5-20)18-21-6-8-23(9-7-21)27(38)33-16-14-26(36)37/h4,6-13,19H,1-3,5,14-18H2,(H,33,38)(H,36,37). The number of carbonyl (C=O) groups is 2. The first-order valence-electron chi connectivity index (χ1n) is 13.0. The number of benzene rings is 2. The lowest BCUT2D eigenvalue weighted by atomic mass is 9.97. The summed E-state index contributed by atoms with van der Waals surface area (Å²) >= 11 is 1.46. The summed E-state index contributed by atoms with van der Waals surface area (Å²) in [7, 11) is 0. The van der Waals surface area contributed by atoms with Gasteiger partial charge in [-0.3, -0.25) is 9.59 Å². The minimum Gasteiger partial charge on any atom is -0.481 e. The molecule has 0 radical (unpaired) electrons. The van der Waals surface area contributed by atoms with Crippen molar-refractivity contribution < 1.29 is 32.6 Å². The van der Waals surface area contributed by atoms with E-state index in [1.165, 1.54) is 41.9 Å². The summed E-state index contributed by atoms with van der Waals surface area (Å²) in [6.45, 7) is 1.36. The Hall–Kier alpha value is -3.86. The van der Waals surface area contributed by atoms with Gasteiger partial charge in [0.25, 0.3) is 5.91 Å². The van der Waals surface area contributed by atoms with E-state index in [-0.39, 0.29) is 24.6 Å². The fourth-order valence-electron chi connectivity index (χ4n) is 4.39. The van der Waals surface area contributed by atoms with E-state index in [2.05, 4.69) is 21.0 Å².